The highest BCUT2D eigenvalue weighted by Gasteiger charge is 2.39. The molecule has 3 aromatic rings. The maximum Gasteiger partial charge on any atom is 0.435 e. The Morgan fingerprint density at radius 2 is 1.72 bits per heavy atom. The predicted molar refractivity (Wildman–Crippen MR) is 105 cm³/mol. The van der Waals surface area contributed by atoms with Gasteiger partial charge in [-0.25, -0.2) is 0 Å². The van der Waals surface area contributed by atoms with Crippen LogP contribution in [0, 0.1) is 0 Å². The van der Waals surface area contributed by atoms with Crippen LogP contribution in [0.25, 0.3) is 0 Å². The first kappa shape index (κ1) is 20.8. The van der Waals surface area contributed by atoms with Crippen molar-refractivity contribution in [2.24, 2.45) is 7.05 Å². The van der Waals surface area contributed by atoms with Crippen LogP contribution in [0.5, 0.6) is 0 Å². The number of nitrogens with zero attached hydrogens (tertiary/aromatic N) is 2. The highest BCUT2D eigenvalue weighted by Crippen LogP contribution is 2.31. The number of aryl methyl sites for hydroxylation is 1. The molecule has 9 heteroatoms. The van der Waals surface area contributed by atoms with Gasteiger partial charge >= 0.3 is 6.18 Å². The fourth-order valence-corrected chi connectivity index (χ4v) is 4.02. The second-order valence-electron chi connectivity index (χ2n) is 6.43. The largest absolute Gasteiger partial charge is 0.435 e. The number of benzene rings is 2. The molecule has 0 aliphatic carbocycles. The van der Waals surface area contributed by atoms with Crippen LogP contribution >= 0.6 is 0 Å². The Bertz CT molecular complexity index is 1030. The summed E-state index contributed by atoms with van der Waals surface area (Å²) in [6, 6.07) is 16.0. The molecule has 5 nitrogen and oxygen atoms in total. The molecule has 0 aliphatic heterocycles. The third-order valence-corrected chi connectivity index (χ3v) is 5.34. The molecule has 1 heterocycles. The normalized spacial score (nSPS) is 12.6. The topological polar surface area (TPSA) is 64.0 Å². The molecule has 3 rings (SSSR count). The Morgan fingerprint density at radius 3 is 2.41 bits per heavy atom. The van der Waals surface area contributed by atoms with E-state index >= 15 is 0 Å². The molecule has 2 aromatic carbocycles. The second kappa shape index (κ2) is 8.60. The number of hydrogen-bond donors (Lipinski definition) is 1. The van der Waals surface area contributed by atoms with Crippen molar-refractivity contribution in [3.8, 4) is 0 Å². The molecule has 0 saturated carbocycles. The Hall–Kier alpha value is -2.94. The van der Waals surface area contributed by atoms with Gasteiger partial charge in [0.25, 0.3) is 5.91 Å². The Labute approximate surface area is 168 Å². The number of nitrogens with one attached hydrogen (secondary N) is 1. The number of amides is 1. The number of hydrogen-bond acceptors (Lipinski definition) is 3. The molecule has 0 fully saturated rings. The highest BCUT2D eigenvalue weighted by atomic mass is 32.2. The summed E-state index contributed by atoms with van der Waals surface area (Å²) in [5.74, 6) is -0.255. The van der Waals surface area contributed by atoms with Crippen molar-refractivity contribution in [1.29, 1.82) is 0 Å². The van der Waals surface area contributed by atoms with Gasteiger partial charge in [-0.15, -0.1) is 0 Å². The molecule has 1 atom stereocenters. The monoisotopic (exact) mass is 421 g/mol. The average molecular weight is 421 g/mol. The van der Waals surface area contributed by atoms with Gasteiger partial charge in [0.2, 0.25) is 0 Å². The zero-order valence-electron chi connectivity index (χ0n) is 15.4. The summed E-state index contributed by atoms with van der Waals surface area (Å²) < 4.78 is 52.5. The minimum atomic E-state index is -4.73. The summed E-state index contributed by atoms with van der Waals surface area (Å²) >= 11 is 0. The average Bonchev–Trinajstić information content (AvgIpc) is 3.05. The first-order valence-corrected chi connectivity index (χ1v) is 10.1. The van der Waals surface area contributed by atoms with Gasteiger partial charge in [0.05, 0.1) is 5.56 Å². The molecule has 1 aromatic heterocycles. The van der Waals surface area contributed by atoms with Gasteiger partial charge in [-0.05, 0) is 23.3 Å². The molecule has 1 unspecified atom stereocenters. The molecule has 0 radical (unpaired) electrons. The third-order valence-electron chi connectivity index (χ3n) is 4.02. The lowest BCUT2D eigenvalue weighted by atomic mass is 10.2. The molecule has 0 spiro atoms. The molecule has 1 amide bonds. The Morgan fingerprint density at radius 1 is 1.07 bits per heavy atom. The molecule has 0 aliphatic rings. The summed E-state index contributed by atoms with van der Waals surface area (Å²) in [5, 5.41) is 5.79. The van der Waals surface area contributed by atoms with E-state index in [0.29, 0.717) is 17.0 Å². The zero-order chi connectivity index (χ0) is 21.0. The zero-order valence-corrected chi connectivity index (χ0v) is 16.3. The van der Waals surface area contributed by atoms with E-state index in [1.165, 1.54) is 7.05 Å². The molecular weight excluding hydrogens is 403 g/mol. The van der Waals surface area contributed by atoms with Crippen molar-refractivity contribution in [2.75, 3.05) is 5.32 Å². The van der Waals surface area contributed by atoms with Gasteiger partial charge in [0.1, 0.15) is 0 Å². The van der Waals surface area contributed by atoms with Gasteiger partial charge in [-0.2, -0.15) is 18.3 Å². The SMILES string of the molecule is Cn1cc(C(=O)Nc2cccc(CS(=O)Cc3ccccc3)c2)c(C(F)(F)F)n1. The van der Waals surface area contributed by atoms with Crippen molar-refractivity contribution < 1.29 is 22.2 Å². The van der Waals surface area contributed by atoms with Crippen LogP contribution in [-0.2, 0) is 35.5 Å². The van der Waals surface area contributed by atoms with Crippen molar-refractivity contribution in [1.82, 2.24) is 9.78 Å². The van der Waals surface area contributed by atoms with Crippen LogP contribution < -0.4 is 5.32 Å². The number of carbonyl (C=O) groups is 1. The first-order valence-electron chi connectivity index (χ1n) is 8.62. The van der Waals surface area contributed by atoms with Crippen LogP contribution in [-0.4, -0.2) is 19.9 Å². The Kier molecular flexibility index (Phi) is 6.17. The third kappa shape index (κ3) is 5.54. The molecular formula is C20H18F3N3O2S. The maximum atomic E-state index is 13.1. The van der Waals surface area contributed by atoms with E-state index in [-0.39, 0.29) is 5.75 Å². The minimum absolute atomic E-state index is 0.263. The first-order chi connectivity index (χ1) is 13.7. The molecule has 0 bridgehead atoms. The fraction of sp³-hybridized carbons (Fsp3) is 0.200. The van der Waals surface area contributed by atoms with Gasteiger partial charge < -0.3 is 5.32 Å². The van der Waals surface area contributed by atoms with Crippen molar-refractivity contribution in [3.63, 3.8) is 0 Å². The lowest BCUT2D eigenvalue weighted by Gasteiger charge is -2.09. The molecule has 1 N–H and O–H groups in total. The van der Waals surface area contributed by atoms with Crippen molar-refractivity contribution >= 4 is 22.4 Å². The van der Waals surface area contributed by atoms with Crippen LogP contribution in [0.15, 0.2) is 60.8 Å². The van der Waals surface area contributed by atoms with Crippen molar-refractivity contribution in [2.45, 2.75) is 17.7 Å². The van der Waals surface area contributed by atoms with Crippen molar-refractivity contribution in [3.05, 3.63) is 83.2 Å². The summed E-state index contributed by atoms with van der Waals surface area (Å²) in [5.41, 5.74) is 0.183. The van der Waals surface area contributed by atoms with E-state index in [4.69, 9.17) is 0 Å². The van der Waals surface area contributed by atoms with E-state index in [2.05, 4.69) is 10.4 Å². The smallest absolute Gasteiger partial charge is 0.322 e. The van der Waals surface area contributed by atoms with E-state index in [1.807, 2.05) is 30.3 Å². The summed E-state index contributed by atoms with van der Waals surface area (Å²) in [6.45, 7) is 0. The Balaban J connectivity index is 1.70. The van der Waals surface area contributed by atoms with Gasteiger partial charge in [0, 0.05) is 41.2 Å². The van der Waals surface area contributed by atoms with Crippen LogP contribution in [0.4, 0.5) is 18.9 Å². The highest BCUT2D eigenvalue weighted by molar-refractivity contribution is 7.83. The van der Waals surface area contributed by atoms with Gasteiger partial charge in [-0.3, -0.25) is 13.7 Å². The summed E-state index contributed by atoms with van der Waals surface area (Å²) in [7, 11) is 0.148. The van der Waals surface area contributed by atoms with E-state index in [0.717, 1.165) is 16.4 Å². The maximum absolute atomic E-state index is 13.1. The van der Waals surface area contributed by atoms with Gasteiger partial charge in [-0.1, -0.05) is 42.5 Å². The number of anilines is 1. The van der Waals surface area contributed by atoms with E-state index in [1.54, 1.807) is 24.3 Å². The number of halogens is 3. The lowest BCUT2D eigenvalue weighted by Crippen LogP contribution is -2.18. The molecule has 0 saturated heterocycles. The molecule has 29 heavy (non-hydrogen) atoms. The number of aromatic nitrogens is 2. The standard InChI is InChI=1S/C20H18F3N3O2S/c1-26-11-17(18(25-26)20(21,22)23)19(27)24-16-9-5-8-15(10-16)13-29(28)12-14-6-3-2-4-7-14/h2-11H,12-13H2,1H3,(H,24,27). The summed E-state index contributed by atoms with van der Waals surface area (Å²) in [4.78, 5) is 12.3. The molecule has 152 valence electrons. The lowest BCUT2D eigenvalue weighted by molar-refractivity contribution is -0.141. The minimum Gasteiger partial charge on any atom is -0.322 e. The van der Waals surface area contributed by atoms with Crippen LogP contribution in [0.3, 0.4) is 0 Å². The quantitative estimate of drug-likeness (QED) is 0.651. The van der Waals surface area contributed by atoms with Crippen LogP contribution in [0.2, 0.25) is 0 Å². The van der Waals surface area contributed by atoms with Crippen LogP contribution in [0.1, 0.15) is 27.2 Å². The number of alkyl halides is 3. The predicted octanol–water partition coefficient (Wildman–Crippen LogP) is 4.14. The summed E-state index contributed by atoms with van der Waals surface area (Å²) in [6.07, 6.45) is -3.71. The number of rotatable bonds is 6. The van der Waals surface area contributed by atoms with E-state index < -0.39 is 34.1 Å². The fourth-order valence-electron chi connectivity index (χ4n) is 2.80. The van der Waals surface area contributed by atoms with Gasteiger partial charge in [0.15, 0.2) is 5.69 Å². The second-order valence-corrected chi connectivity index (χ2v) is 7.89. The van der Waals surface area contributed by atoms with E-state index in [9.17, 15) is 22.2 Å². The number of carbonyl (C=O) groups excluding carboxylic acids is 1.